The first kappa shape index (κ1) is 16.5. The van der Waals surface area contributed by atoms with E-state index in [9.17, 15) is 18.0 Å². The lowest BCUT2D eigenvalue weighted by Gasteiger charge is -2.16. The third-order valence-corrected chi connectivity index (χ3v) is 3.69. The molecule has 6 heteroatoms. The lowest BCUT2D eigenvalue weighted by Crippen LogP contribution is -2.38. The lowest BCUT2D eigenvalue weighted by molar-refractivity contribution is -0.174. The standard InChI is InChI=1S/C16H18F3NO2/c1-4-5-22-13-8-12(20-15(21)16(17,18)19)11-7-9(2)6-10(3)14(11)13/h4,6-7,12-13H,1,5,8H2,2-3H3,(H,20,21)/t12-,13-/m0/s1. The van der Waals surface area contributed by atoms with Gasteiger partial charge in [0.1, 0.15) is 0 Å². The van der Waals surface area contributed by atoms with Gasteiger partial charge in [0.25, 0.3) is 0 Å². The molecular weight excluding hydrogens is 295 g/mol. The Balaban J connectivity index is 2.32. The van der Waals surface area contributed by atoms with Crippen molar-refractivity contribution >= 4 is 5.91 Å². The topological polar surface area (TPSA) is 38.3 Å². The SMILES string of the molecule is C=CCO[C@H]1C[C@H](NC(=O)C(F)(F)F)c2cc(C)cc(C)c21. The molecule has 1 aromatic carbocycles. The normalized spacial score (nSPS) is 20.6. The second kappa shape index (κ2) is 6.12. The zero-order chi connectivity index (χ0) is 16.5. The average Bonchev–Trinajstić information content (AvgIpc) is 2.73. The van der Waals surface area contributed by atoms with Crippen LogP contribution in [0, 0.1) is 13.8 Å². The Bertz CT molecular complexity index is 596. The summed E-state index contributed by atoms with van der Waals surface area (Å²) in [5.41, 5.74) is 3.45. The van der Waals surface area contributed by atoms with Crippen molar-refractivity contribution in [2.45, 2.75) is 38.6 Å². The summed E-state index contributed by atoms with van der Waals surface area (Å²) in [5, 5.41) is 2.07. The molecule has 1 aliphatic rings. The van der Waals surface area contributed by atoms with Gasteiger partial charge < -0.3 is 10.1 Å². The van der Waals surface area contributed by atoms with Crippen LogP contribution in [-0.2, 0) is 9.53 Å². The van der Waals surface area contributed by atoms with Gasteiger partial charge in [-0.1, -0.05) is 23.8 Å². The number of rotatable bonds is 4. The van der Waals surface area contributed by atoms with Gasteiger partial charge in [0.2, 0.25) is 0 Å². The zero-order valence-corrected chi connectivity index (χ0v) is 12.5. The summed E-state index contributed by atoms with van der Waals surface area (Å²) in [7, 11) is 0. The van der Waals surface area contributed by atoms with Crippen LogP contribution in [0.15, 0.2) is 24.8 Å². The lowest BCUT2D eigenvalue weighted by atomic mass is 9.99. The monoisotopic (exact) mass is 313 g/mol. The molecule has 0 saturated carbocycles. The molecule has 1 N–H and O–H groups in total. The first-order valence-corrected chi connectivity index (χ1v) is 6.95. The van der Waals surface area contributed by atoms with E-state index >= 15 is 0 Å². The number of benzene rings is 1. The van der Waals surface area contributed by atoms with Crippen LogP contribution in [0.2, 0.25) is 0 Å². The van der Waals surface area contributed by atoms with Crippen LogP contribution in [0.4, 0.5) is 13.2 Å². The molecule has 1 aromatic rings. The average molecular weight is 313 g/mol. The van der Waals surface area contributed by atoms with Crippen LogP contribution in [0.25, 0.3) is 0 Å². The third-order valence-electron chi connectivity index (χ3n) is 3.69. The van der Waals surface area contributed by atoms with Gasteiger partial charge in [0.15, 0.2) is 0 Å². The highest BCUT2D eigenvalue weighted by molar-refractivity contribution is 5.82. The molecule has 0 unspecified atom stereocenters. The molecule has 3 nitrogen and oxygen atoms in total. The number of carbonyl (C=O) groups is 1. The Morgan fingerprint density at radius 1 is 1.45 bits per heavy atom. The Labute approximate surface area is 127 Å². The van der Waals surface area contributed by atoms with Crippen molar-refractivity contribution in [2.24, 2.45) is 0 Å². The van der Waals surface area contributed by atoms with Crippen molar-refractivity contribution in [1.29, 1.82) is 0 Å². The van der Waals surface area contributed by atoms with E-state index in [-0.39, 0.29) is 12.5 Å². The minimum absolute atomic E-state index is 0.287. The van der Waals surface area contributed by atoms with E-state index in [0.29, 0.717) is 12.2 Å². The fourth-order valence-electron chi connectivity index (χ4n) is 2.91. The number of halogens is 3. The van der Waals surface area contributed by atoms with Gasteiger partial charge in [-0.25, -0.2) is 0 Å². The van der Waals surface area contributed by atoms with E-state index in [2.05, 4.69) is 11.9 Å². The minimum atomic E-state index is -4.89. The van der Waals surface area contributed by atoms with E-state index < -0.39 is 18.1 Å². The smallest absolute Gasteiger partial charge is 0.369 e. The molecule has 0 bridgehead atoms. The Morgan fingerprint density at radius 3 is 2.73 bits per heavy atom. The number of fused-ring (bicyclic) bond motifs is 1. The molecule has 0 heterocycles. The Kier molecular flexibility index (Phi) is 4.60. The number of aryl methyl sites for hydroxylation is 2. The van der Waals surface area contributed by atoms with Gasteiger partial charge >= 0.3 is 12.1 Å². The first-order valence-electron chi connectivity index (χ1n) is 6.95. The van der Waals surface area contributed by atoms with Crippen LogP contribution in [0.3, 0.4) is 0 Å². The number of amides is 1. The summed E-state index contributed by atoms with van der Waals surface area (Å²) in [6.45, 7) is 7.64. The van der Waals surface area contributed by atoms with Crippen molar-refractivity contribution in [3.05, 3.63) is 47.0 Å². The van der Waals surface area contributed by atoms with E-state index in [1.807, 2.05) is 19.9 Å². The zero-order valence-electron chi connectivity index (χ0n) is 12.5. The molecule has 2 rings (SSSR count). The van der Waals surface area contributed by atoms with Crippen molar-refractivity contribution in [3.63, 3.8) is 0 Å². The van der Waals surface area contributed by atoms with Gasteiger partial charge in [-0.05, 0) is 30.5 Å². The maximum atomic E-state index is 12.5. The number of ether oxygens (including phenoxy) is 1. The molecule has 2 atom stereocenters. The van der Waals surface area contributed by atoms with Crippen LogP contribution in [0.5, 0.6) is 0 Å². The molecular formula is C16H18F3NO2. The van der Waals surface area contributed by atoms with Crippen molar-refractivity contribution in [1.82, 2.24) is 5.32 Å². The Hall–Kier alpha value is -1.82. The summed E-state index contributed by atoms with van der Waals surface area (Å²) in [6, 6.07) is 3.07. The Morgan fingerprint density at radius 2 is 2.14 bits per heavy atom. The molecule has 0 aromatic heterocycles. The van der Waals surface area contributed by atoms with E-state index in [1.165, 1.54) is 0 Å². The molecule has 1 aliphatic carbocycles. The molecule has 0 spiro atoms. The minimum Gasteiger partial charge on any atom is -0.369 e. The van der Waals surface area contributed by atoms with Crippen LogP contribution >= 0.6 is 0 Å². The molecule has 1 amide bonds. The predicted octanol–water partition coefficient (Wildman–Crippen LogP) is 3.67. The largest absolute Gasteiger partial charge is 0.471 e. The fraction of sp³-hybridized carbons (Fsp3) is 0.438. The van der Waals surface area contributed by atoms with Gasteiger partial charge in [-0.2, -0.15) is 13.2 Å². The molecule has 0 fully saturated rings. The maximum Gasteiger partial charge on any atom is 0.471 e. The van der Waals surface area contributed by atoms with Gasteiger partial charge in [0.05, 0.1) is 18.8 Å². The molecule has 0 radical (unpaired) electrons. The maximum absolute atomic E-state index is 12.5. The molecule has 0 saturated heterocycles. The first-order chi connectivity index (χ1) is 10.2. The van der Waals surface area contributed by atoms with E-state index in [1.54, 1.807) is 12.1 Å². The van der Waals surface area contributed by atoms with Crippen LogP contribution < -0.4 is 5.32 Å². The second-order valence-corrected chi connectivity index (χ2v) is 5.45. The number of hydrogen-bond donors (Lipinski definition) is 1. The fourth-order valence-corrected chi connectivity index (χ4v) is 2.91. The predicted molar refractivity (Wildman–Crippen MR) is 76.4 cm³/mol. The van der Waals surface area contributed by atoms with Gasteiger partial charge in [-0.3, -0.25) is 4.79 Å². The number of carbonyl (C=O) groups excluding carboxylic acids is 1. The van der Waals surface area contributed by atoms with Crippen molar-refractivity contribution in [3.8, 4) is 0 Å². The summed E-state index contributed by atoms with van der Waals surface area (Å²) in [6.07, 6.45) is -3.36. The summed E-state index contributed by atoms with van der Waals surface area (Å²) in [4.78, 5) is 11.2. The van der Waals surface area contributed by atoms with Crippen molar-refractivity contribution < 1.29 is 22.7 Å². The van der Waals surface area contributed by atoms with Crippen LogP contribution in [0.1, 0.15) is 40.8 Å². The second-order valence-electron chi connectivity index (χ2n) is 5.45. The number of alkyl halides is 3. The summed E-state index contributed by atoms with van der Waals surface area (Å²) >= 11 is 0. The van der Waals surface area contributed by atoms with Gasteiger partial charge in [-0.15, -0.1) is 6.58 Å². The number of nitrogens with one attached hydrogen (secondary N) is 1. The van der Waals surface area contributed by atoms with Crippen LogP contribution in [-0.4, -0.2) is 18.7 Å². The van der Waals surface area contributed by atoms with Crippen molar-refractivity contribution in [2.75, 3.05) is 6.61 Å². The third kappa shape index (κ3) is 3.32. The summed E-state index contributed by atoms with van der Waals surface area (Å²) in [5.74, 6) is -1.92. The summed E-state index contributed by atoms with van der Waals surface area (Å²) < 4.78 is 43.1. The molecule has 0 aliphatic heterocycles. The van der Waals surface area contributed by atoms with E-state index in [4.69, 9.17) is 4.74 Å². The highest BCUT2D eigenvalue weighted by atomic mass is 19.4. The molecule has 22 heavy (non-hydrogen) atoms. The number of hydrogen-bond acceptors (Lipinski definition) is 2. The quantitative estimate of drug-likeness (QED) is 0.861. The van der Waals surface area contributed by atoms with E-state index in [0.717, 1.165) is 16.7 Å². The molecule has 120 valence electrons. The highest BCUT2D eigenvalue weighted by Gasteiger charge is 2.42. The highest BCUT2D eigenvalue weighted by Crippen LogP contribution is 2.43. The van der Waals surface area contributed by atoms with Gasteiger partial charge in [0, 0.05) is 6.42 Å².